The van der Waals surface area contributed by atoms with Gasteiger partial charge in [-0.2, -0.15) is 0 Å². The average molecular weight is 201 g/mol. The molecule has 11 heavy (non-hydrogen) atoms. The van der Waals surface area contributed by atoms with Crippen molar-refractivity contribution in [3.05, 3.63) is 0 Å². The molecule has 1 aliphatic heterocycles. The molecule has 1 saturated heterocycles. The third-order valence-electron chi connectivity index (χ3n) is 2.11. The first-order chi connectivity index (χ1) is 4.34. The molecule has 0 aromatic rings. The van der Waals surface area contributed by atoms with Crippen LogP contribution in [0.5, 0.6) is 0 Å². The smallest absolute Gasteiger partial charge is 0.0190 e. The van der Waals surface area contributed by atoms with Gasteiger partial charge in [-0.05, 0) is 32.9 Å². The van der Waals surface area contributed by atoms with E-state index in [9.17, 15) is 0 Å². The van der Waals surface area contributed by atoms with E-state index in [4.69, 9.17) is 5.73 Å². The Kier molecular flexibility index (Phi) is 9.15. The molecule has 0 aromatic heterocycles. The summed E-state index contributed by atoms with van der Waals surface area (Å²) in [4.78, 5) is 2.46. The average Bonchev–Trinajstić information content (AvgIpc) is 2.37. The Morgan fingerprint density at radius 3 is 2.09 bits per heavy atom. The fourth-order valence-electron chi connectivity index (χ4n) is 1.33. The Balaban J connectivity index is 0. The largest absolute Gasteiger partial charge is 0.329 e. The molecule has 70 valence electrons. The molecule has 0 bridgehead atoms. The first kappa shape index (κ1) is 14.0. The van der Waals surface area contributed by atoms with Gasteiger partial charge in [0.1, 0.15) is 0 Å². The molecule has 1 aliphatic rings. The van der Waals surface area contributed by atoms with Gasteiger partial charge in [0, 0.05) is 12.6 Å². The number of hydrogen-bond acceptors (Lipinski definition) is 2. The van der Waals surface area contributed by atoms with Gasteiger partial charge in [0.05, 0.1) is 0 Å². The van der Waals surface area contributed by atoms with E-state index in [-0.39, 0.29) is 24.8 Å². The SMILES string of the molecule is C[C@@H](CN)N1CCCC1.Cl.Cl. The summed E-state index contributed by atoms with van der Waals surface area (Å²) in [6.07, 6.45) is 2.73. The topological polar surface area (TPSA) is 29.3 Å². The van der Waals surface area contributed by atoms with Crippen LogP contribution >= 0.6 is 24.8 Å². The first-order valence-corrected chi connectivity index (χ1v) is 3.78. The molecule has 2 nitrogen and oxygen atoms in total. The van der Waals surface area contributed by atoms with Crippen molar-refractivity contribution in [3.63, 3.8) is 0 Å². The van der Waals surface area contributed by atoms with Crippen LogP contribution in [-0.2, 0) is 0 Å². The van der Waals surface area contributed by atoms with Crippen LogP contribution in [0.25, 0.3) is 0 Å². The normalized spacial score (nSPS) is 20.2. The maximum atomic E-state index is 5.51. The quantitative estimate of drug-likeness (QED) is 0.729. The fraction of sp³-hybridized carbons (Fsp3) is 1.00. The zero-order valence-electron chi connectivity index (χ0n) is 6.95. The summed E-state index contributed by atoms with van der Waals surface area (Å²) in [5.74, 6) is 0. The Morgan fingerprint density at radius 1 is 1.27 bits per heavy atom. The number of halogens is 2. The van der Waals surface area contributed by atoms with E-state index in [0.717, 1.165) is 6.54 Å². The molecule has 0 radical (unpaired) electrons. The van der Waals surface area contributed by atoms with Crippen molar-refractivity contribution in [1.29, 1.82) is 0 Å². The minimum absolute atomic E-state index is 0. The van der Waals surface area contributed by atoms with Crippen molar-refractivity contribution in [2.24, 2.45) is 5.73 Å². The predicted octanol–water partition coefficient (Wildman–Crippen LogP) is 1.27. The lowest BCUT2D eigenvalue weighted by Crippen LogP contribution is -2.35. The molecule has 0 unspecified atom stereocenters. The zero-order chi connectivity index (χ0) is 6.69. The Bertz CT molecular complexity index is 84.5. The molecule has 0 aliphatic carbocycles. The third kappa shape index (κ3) is 4.16. The van der Waals surface area contributed by atoms with E-state index in [1.807, 2.05) is 0 Å². The van der Waals surface area contributed by atoms with Crippen LogP contribution in [-0.4, -0.2) is 30.6 Å². The van der Waals surface area contributed by atoms with Gasteiger partial charge in [0.25, 0.3) is 0 Å². The monoisotopic (exact) mass is 200 g/mol. The molecule has 0 aromatic carbocycles. The van der Waals surface area contributed by atoms with Crippen LogP contribution in [0.3, 0.4) is 0 Å². The number of rotatable bonds is 2. The summed E-state index contributed by atoms with van der Waals surface area (Å²) < 4.78 is 0. The second kappa shape index (κ2) is 7.17. The van der Waals surface area contributed by atoms with Crippen molar-refractivity contribution in [2.75, 3.05) is 19.6 Å². The van der Waals surface area contributed by atoms with Gasteiger partial charge in [-0.3, -0.25) is 4.90 Å². The van der Waals surface area contributed by atoms with E-state index in [0.29, 0.717) is 6.04 Å². The van der Waals surface area contributed by atoms with Crippen molar-refractivity contribution in [3.8, 4) is 0 Å². The van der Waals surface area contributed by atoms with Gasteiger partial charge < -0.3 is 5.73 Å². The molecule has 1 fully saturated rings. The molecule has 4 heteroatoms. The highest BCUT2D eigenvalue weighted by Crippen LogP contribution is 2.09. The molecule has 0 spiro atoms. The number of hydrogen-bond donors (Lipinski definition) is 1. The Labute approximate surface area is 81.3 Å². The number of nitrogens with zero attached hydrogens (tertiary/aromatic N) is 1. The highest BCUT2D eigenvalue weighted by atomic mass is 35.5. The molecule has 2 N–H and O–H groups in total. The Morgan fingerprint density at radius 2 is 1.73 bits per heavy atom. The summed E-state index contributed by atoms with van der Waals surface area (Å²) in [6.45, 7) is 5.53. The van der Waals surface area contributed by atoms with Crippen LogP contribution < -0.4 is 5.73 Å². The van der Waals surface area contributed by atoms with Crippen LogP contribution in [0.4, 0.5) is 0 Å². The van der Waals surface area contributed by atoms with E-state index >= 15 is 0 Å². The van der Waals surface area contributed by atoms with Crippen LogP contribution in [0.2, 0.25) is 0 Å². The Hall–Kier alpha value is 0.500. The summed E-state index contributed by atoms with van der Waals surface area (Å²) in [5, 5.41) is 0. The lowest BCUT2D eigenvalue weighted by atomic mass is 10.3. The molecule has 0 saturated carbocycles. The number of nitrogens with two attached hydrogens (primary N) is 1. The van der Waals surface area contributed by atoms with Crippen molar-refractivity contribution < 1.29 is 0 Å². The van der Waals surface area contributed by atoms with Crippen LogP contribution in [0.15, 0.2) is 0 Å². The van der Waals surface area contributed by atoms with Gasteiger partial charge in [-0.15, -0.1) is 24.8 Å². The van der Waals surface area contributed by atoms with Crippen LogP contribution in [0, 0.1) is 0 Å². The van der Waals surface area contributed by atoms with Crippen molar-refractivity contribution in [1.82, 2.24) is 4.90 Å². The van der Waals surface area contributed by atoms with Gasteiger partial charge in [0.2, 0.25) is 0 Å². The van der Waals surface area contributed by atoms with E-state index in [2.05, 4.69) is 11.8 Å². The molecule has 1 rings (SSSR count). The van der Waals surface area contributed by atoms with Crippen molar-refractivity contribution in [2.45, 2.75) is 25.8 Å². The molecular formula is C7H18Cl2N2. The highest BCUT2D eigenvalue weighted by Gasteiger charge is 2.15. The summed E-state index contributed by atoms with van der Waals surface area (Å²) in [5.41, 5.74) is 5.51. The van der Waals surface area contributed by atoms with E-state index in [1.54, 1.807) is 0 Å². The standard InChI is InChI=1S/C7H16N2.2ClH/c1-7(6-8)9-4-2-3-5-9;;/h7H,2-6,8H2,1H3;2*1H/t7-;;/m0../s1. The van der Waals surface area contributed by atoms with Crippen molar-refractivity contribution >= 4 is 24.8 Å². The summed E-state index contributed by atoms with van der Waals surface area (Å²) >= 11 is 0. The maximum Gasteiger partial charge on any atom is 0.0190 e. The minimum atomic E-state index is 0. The summed E-state index contributed by atoms with van der Waals surface area (Å²) in [6, 6.07) is 0.604. The maximum absolute atomic E-state index is 5.51. The second-order valence-electron chi connectivity index (χ2n) is 2.83. The van der Waals surface area contributed by atoms with Crippen LogP contribution in [0.1, 0.15) is 19.8 Å². The molecule has 1 heterocycles. The fourth-order valence-corrected chi connectivity index (χ4v) is 1.33. The molecular weight excluding hydrogens is 183 g/mol. The van der Waals surface area contributed by atoms with Gasteiger partial charge >= 0.3 is 0 Å². The van der Waals surface area contributed by atoms with Gasteiger partial charge in [-0.1, -0.05) is 0 Å². The number of likely N-dealkylation sites (tertiary alicyclic amines) is 1. The van der Waals surface area contributed by atoms with Gasteiger partial charge in [-0.25, -0.2) is 0 Å². The van der Waals surface area contributed by atoms with E-state index in [1.165, 1.54) is 25.9 Å². The molecule has 0 amide bonds. The third-order valence-corrected chi connectivity index (χ3v) is 2.11. The second-order valence-corrected chi connectivity index (χ2v) is 2.83. The van der Waals surface area contributed by atoms with Gasteiger partial charge in [0.15, 0.2) is 0 Å². The highest BCUT2D eigenvalue weighted by molar-refractivity contribution is 5.85. The minimum Gasteiger partial charge on any atom is -0.329 e. The lowest BCUT2D eigenvalue weighted by molar-refractivity contribution is 0.264. The predicted molar refractivity (Wildman–Crippen MR) is 53.8 cm³/mol. The first-order valence-electron chi connectivity index (χ1n) is 3.78. The lowest BCUT2D eigenvalue weighted by Gasteiger charge is -2.21. The van der Waals surface area contributed by atoms with E-state index < -0.39 is 0 Å². The summed E-state index contributed by atoms with van der Waals surface area (Å²) in [7, 11) is 0. The zero-order valence-corrected chi connectivity index (χ0v) is 8.59. The molecule has 1 atom stereocenters.